The summed E-state index contributed by atoms with van der Waals surface area (Å²) in [6, 6.07) is 23.5. The third-order valence-corrected chi connectivity index (χ3v) is 6.31. The van der Waals surface area contributed by atoms with Crippen molar-refractivity contribution in [2.45, 2.75) is 38.6 Å². The molecule has 7 nitrogen and oxygen atoms in total. The number of ether oxygens (including phenoxy) is 2. The number of rotatable bonds is 15. The number of unbranched alkanes of at least 4 members (excludes halogenated alkanes) is 1. The van der Waals surface area contributed by atoms with Gasteiger partial charge in [-0.05, 0) is 66.6 Å². The zero-order valence-corrected chi connectivity index (χ0v) is 21.8. The lowest BCUT2D eigenvalue weighted by Gasteiger charge is -2.08. The highest BCUT2D eigenvalue weighted by Crippen LogP contribution is 2.28. The SMILES string of the molecule is O=C(O)CCCc1cn(CC(=O)O)c2c(/C=C/c3ccc(OCCCCOc4ccccc4)cc3)cccc12. The molecular weight excluding hydrogens is 494 g/mol. The molecule has 1 heterocycles. The number of carbonyl (C=O) groups is 2. The molecule has 0 amide bonds. The minimum Gasteiger partial charge on any atom is -0.494 e. The van der Waals surface area contributed by atoms with Crippen LogP contribution in [-0.2, 0) is 22.6 Å². The van der Waals surface area contributed by atoms with E-state index in [1.54, 1.807) is 4.57 Å². The van der Waals surface area contributed by atoms with Crippen LogP contribution in [0.2, 0.25) is 0 Å². The van der Waals surface area contributed by atoms with Crippen molar-refractivity contribution in [2.75, 3.05) is 13.2 Å². The molecule has 4 rings (SSSR count). The van der Waals surface area contributed by atoms with Crippen LogP contribution >= 0.6 is 0 Å². The highest BCUT2D eigenvalue weighted by Gasteiger charge is 2.13. The van der Waals surface area contributed by atoms with E-state index in [0.29, 0.717) is 26.1 Å². The molecule has 0 radical (unpaired) electrons. The van der Waals surface area contributed by atoms with Gasteiger partial charge in [0.15, 0.2) is 0 Å². The van der Waals surface area contributed by atoms with Crippen molar-refractivity contribution < 1.29 is 29.3 Å². The molecule has 0 aliphatic carbocycles. The number of benzene rings is 3. The predicted octanol–water partition coefficient (Wildman–Crippen LogP) is 6.54. The minimum absolute atomic E-state index is 0.0770. The highest BCUT2D eigenvalue weighted by atomic mass is 16.5. The number of hydrogen-bond donors (Lipinski definition) is 2. The van der Waals surface area contributed by atoms with E-state index < -0.39 is 11.9 Å². The van der Waals surface area contributed by atoms with E-state index in [4.69, 9.17) is 14.6 Å². The van der Waals surface area contributed by atoms with Crippen molar-refractivity contribution >= 4 is 35.0 Å². The van der Waals surface area contributed by atoms with Gasteiger partial charge in [0, 0.05) is 18.0 Å². The fraction of sp³-hybridized carbons (Fsp3) is 0.250. The van der Waals surface area contributed by atoms with Gasteiger partial charge in [-0.15, -0.1) is 0 Å². The third-order valence-electron chi connectivity index (χ3n) is 6.31. The quantitative estimate of drug-likeness (QED) is 0.135. The van der Waals surface area contributed by atoms with Crippen LogP contribution in [0.5, 0.6) is 11.5 Å². The van der Waals surface area contributed by atoms with Crippen molar-refractivity contribution in [1.29, 1.82) is 0 Å². The van der Waals surface area contributed by atoms with Crippen LogP contribution < -0.4 is 9.47 Å². The molecule has 1 aromatic heterocycles. The number of hydrogen-bond acceptors (Lipinski definition) is 4. The summed E-state index contributed by atoms with van der Waals surface area (Å²) < 4.78 is 13.3. The Labute approximate surface area is 227 Å². The summed E-state index contributed by atoms with van der Waals surface area (Å²) in [5, 5.41) is 19.3. The predicted molar refractivity (Wildman–Crippen MR) is 152 cm³/mol. The number of aromatic nitrogens is 1. The Balaban J connectivity index is 1.36. The van der Waals surface area contributed by atoms with Crippen molar-refractivity contribution in [2.24, 2.45) is 0 Å². The van der Waals surface area contributed by atoms with Gasteiger partial charge in [-0.25, -0.2) is 0 Å². The van der Waals surface area contributed by atoms with Gasteiger partial charge in [-0.3, -0.25) is 9.59 Å². The number of para-hydroxylation sites is 2. The normalized spacial score (nSPS) is 11.2. The van der Waals surface area contributed by atoms with Crippen LogP contribution in [-0.4, -0.2) is 39.9 Å². The molecule has 39 heavy (non-hydrogen) atoms. The molecule has 7 heteroatoms. The molecule has 0 aliphatic heterocycles. The minimum atomic E-state index is -0.929. The van der Waals surface area contributed by atoms with Gasteiger partial charge >= 0.3 is 11.9 Å². The maximum absolute atomic E-state index is 11.5. The van der Waals surface area contributed by atoms with Gasteiger partial charge in [0.2, 0.25) is 0 Å². The van der Waals surface area contributed by atoms with Crippen LogP contribution in [0.3, 0.4) is 0 Å². The lowest BCUT2D eigenvalue weighted by Crippen LogP contribution is -2.07. The number of aryl methyl sites for hydroxylation is 1. The van der Waals surface area contributed by atoms with Gasteiger partial charge in [0.1, 0.15) is 18.0 Å². The summed E-state index contributed by atoms with van der Waals surface area (Å²) in [4.78, 5) is 22.4. The van der Waals surface area contributed by atoms with Gasteiger partial charge in [0.05, 0.1) is 18.7 Å². The molecule has 202 valence electrons. The fourth-order valence-corrected chi connectivity index (χ4v) is 4.46. The van der Waals surface area contributed by atoms with Crippen molar-refractivity contribution in [1.82, 2.24) is 4.57 Å². The van der Waals surface area contributed by atoms with Gasteiger partial charge in [-0.1, -0.05) is 60.7 Å². The maximum Gasteiger partial charge on any atom is 0.323 e. The Morgan fingerprint density at radius 2 is 1.44 bits per heavy atom. The fourth-order valence-electron chi connectivity index (χ4n) is 4.46. The van der Waals surface area contributed by atoms with E-state index in [2.05, 4.69) is 0 Å². The molecule has 0 saturated carbocycles. The molecule has 0 aliphatic rings. The van der Waals surface area contributed by atoms with E-state index in [-0.39, 0.29) is 13.0 Å². The lowest BCUT2D eigenvalue weighted by atomic mass is 10.0. The average molecular weight is 528 g/mol. The zero-order valence-electron chi connectivity index (χ0n) is 21.8. The van der Waals surface area contributed by atoms with Gasteiger partial charge in [-0.2, -0.15) is 0 Å². The Morgan fingerprint density at radius 1 is 0.744 bits per heavy atom. The number of aliphatic carboxylic acids is 2. The molecule has 0 saturated heterocycles. The maximum atomic E-state index is 11.5. The summed E-state index contributed by atoms with van der Waals surface area (Å²) in [5.41, 5.74) is 3.68. The van der Waals surface area contributed by atoms with Crippen molar-refractivity contribution in [3.05, 3.63) is 95.7 Å². The van der Waals surface area contributed by atoms with E-state index in [9.17, 15) is 14.7 Å². The number of carboxylic acid groups (broad SMARTS) is 2. The summed E-state index contributed by atoms with van der Waals surface area (Å²) in [5.74, 6) is -0.0797. The molecule has 0 unspecified atom stereocenters. The van der Waals surface area contributed by atoms with Crippen molar-refractivity contribution in [3.8, 4) is 11.5 Å². The standard InChI is InChI=1S/C32H33NO6/c34-30(35)13-7-9-26-22-33(23-31(36)37)32-25(8-6-12-29(26)32)17-14-24-15-18-28(19-16-24)39-21-5-4-20-38-27-10-2-1-3-11-27/h1-3,6,8,10-12,14-19,22H,4-5,7,9,13,20-21,23H2,(H,34,35)(H,36,37)/b17-14+. The summed E-state index contributed by atoms with van der Waals surface area (Å²) in [6.45, 7) is 1.11. The van der Waals surface area contributed by atoms with Crippen LogP contribution in [0.1, 0.15) is 42.4 Å². The first kappa shape index (κ1) is 27.5. The van der Waals surface area contributed by atoms with E-state index in [1.807, 2.05) is 91.1 Å². The largest absolute Gasteiger partial charge is 0.494 e. The molecule has 4 aromatic rings. The van der Waals surface area contributed by atoms with Crippen LogP contribution in [0.25, 0.3) is 23.1 Å². The van der Waals surface area contributed by atoms with Gasteiger partial charge in [0.25, 0.3) is 0 Å². The molecular formula is C32H33NO6. The Hall–Kier alpha value is -4.52. The smallest absolute Gasteiger partial charge is 0.323 e. The van der Waals surface area contributed by atoms with Crippen LogP contribution in [0, 0.1) is 0 Å². The first-order valence-electron chi connectivity index (χ1n) is 13.1. The number of fused-ring (bicyclic) bond motifs is 1. The molecule has 0 atom stereocenters. The summed E-state index contributed by atoms with van der Waals surface area (Å²) >= 11 is 0. The first-order valence-corrected chi connectivity index (χ1v) is 13.1. The zero-order chi connectivity index (χ0) is 27.5. The second-order valence-corrected chi connectivity index (χ2v) is 9.29. The number of nitrogens with zero attached hydrogens (tertiary/aromatic N) is 1. The highest BCUT2D eigenvalue weighted by molar-refractivity contribution is 5.94. The molecule has 0 spiro atoms. The Bertz CT molecular complexity index is 1410. The monoisotopic (exact) mass is 527 g/mol. The molecule has 0 bridgehead atoms. The molecule has 2 N–H and O–H groups in total. The summed E-state index contributed by atoms with van der Waals surface area (Å²) in [7, 11) is 0. The summed E-state index contributed by atoms with van der Waals surface area (Å²) in [6.07, 6.45) is 8.75. The Morgan fingerprint density at radius 3 is 2.10 bits per heavy atom. The third kappa shape index (κ3) is 8.23. The Kier molecular flexibility index (Phi) is 9.78. The lowest BCUT2D eigenvalue weighted by molar-refractivity contribution is -0.138. The molecule has 0 fully saturated rings. The average Bonchev–Trinajstić information content (AvgIpc) is 3.27. The second kappa shape index (κ2) is 13.9. The second-order valence-electron chi connectivity index (χ2n) is 9.29. The van der Waals surface area contributed by atoms with Crippen molar-refractivity contribution in [3.63, 3.8) is 0 Å². The topological polar surface area (TPSA) is 98.0 Å². The molecule has 3 aromatic carbocycles. The van der Waals surface area contributed by atoms with E-state index >= 15 is 0 Å². The van der Waals surface area contributed by atoms with Gasteiger partial charge < -0.3 is 24.3 Å². The van der Waals surface area contributed by atoms with Crippen LogP contribution in [0.15, 0.2) is 79.0 Å². The number of carboxylic acids is 2. The van der Waals surface area contributed by atoms with Crippen LogP contribution in [0.4, 0.5) is 0 Å². The van der Waals surface area contributed by atoms with E-state index in [1.165, 1.54) is 0 Å². The van der Waals surface area contributed by atoms with E-state index in [0.717, 1.165) is 51.9 Å². The first-order chi connectivity index (χ1) is 19.0.